The highest BCUT2D eigenvalue weighted by atomic mass is 19.1. The van der Waals surface area contributed by atoms with Gasteiger partial charge in [0.25, 0.3) is 0 Å². The second-order valence-corrected chi connectivity index (χ2v) is 6.62. The number of ether oxygens (including phenoxy) is 1. The summed E-state index contributed by atoms with van der Waals surface area (Å²) in [6, 6.07) is 8.29. The number of anilines is 2. The summed E-state index contributed by atoms with van der Waals surface area (Å²) >= 11 is 0. The molecule has 0 saturated carbocycles. The molecule has 3 aromatic rings. The molecule has 0 spiro atoms. The van der Waals surface area contributed by atoms with Gasteiger partial charge in [-0.15, -0.1) is 0 Å². The van der Waals surface area contributed by atoms with Crippen molar-refractivity contribution in [3.63, 3.8) is 0 Å². The Bertz CT molecular complexity index is 926. The number of aromatic amines is 1. The third-order valence-electron chi connectivity index (χ3n) is 4.89. The van der Waals surface area contributed by atoms with Crippen LogP contribution in [0.3, 0.4) is 0 Å². The number of halogens is 1. The van der Waals surface area contributed by atoms with Crippen molar-refractivity contribution >= 4 is 11.8 Å². The lowest BCUT2D eigenvalue weighted by Gasteiger charge is -2.33. The molecule has 3 N–H and O–H groups in total. The zero-order valence-electron chi connectivity index (χ0n) is 15.0. The van der Waals surface area contributed by atoms with E-state index in [2.05, 4.69) is 25.1 Å². The second kappa shape index (κ2) is 7.22. The molecule has 1 aliphatic rings. The molecule has 1 saturated heterocycles. The topological polar surface area (TPSA) is 93.0 Å². The van der Waals surface area contributed by atoms with Gasteiger partial charge < -0.3 is 15.4 Å². The average Bonchev–Trinajstić information content (AvgIpc) is 3.18. The van der Waals surface area contributed by atoms with Gasteiger partial charge in [0.15, 0.2) is 0 Å². The van der Waals surface area contributed by atoms with Gasteiger partial charge in [-0.3, -0.25) is 5.10 Å². The lowest BCUT2D eigenvalue weighted by atomic mass is 9.90. The summed E-state index contributed by atoms with van der Waals surface area (Å²) in [4.78, 5) is 10.6. The maximum Gasteiger partial charge on any atom is 0.225 e. The number of H-pyrrole nitrogens is 1. The van der Waals surface area contributed by atoms with Crippen LogP contribution in [0.15, 0.2) is 36.5 Å². The van der Waals surface area contributed by atoms with Crippen LogP contribution in [0, 0.1) is 5.82 Å². The van der Waals surface area contributed by atoms with E-state index in [1.165, 1.54) is 12.1 Å². The van der Waals surface area contributed by atoms with Crippen molar-refractivity contribution in [1.82, 2.24) is 20.2 Å². The summed E-state index contributed by atoms with van der Waals surface area (Å²) in [5.41, 5.74) is 8.81. The predicted molar refractivity (Wildman–Crippen MR) is 101 cm³/mol. The van der Waals surface area contributed by atoms with Crippen LogP contribution in [0.25, 0.3) is 11.1 Å². The first kappa shape index (κ1) is 17.3. The average molecular weight is 368 g/mol. The van der Waals surface area contributed by atoms with Crippen molar-refractivity contribution in [1.29, 1.82) is 0 Å². The molecule has 1 fully saturated rings. The van der Waals surface area contributed by atoms with Gasteiger partial charge in [0.2, 0.25) is 11.8 Å². The molecule has 1 unspecified atom stereocenters. The van der Waals surface area contributed by atoms with Crippen LogP contribution in [0.5, 0.6) is 5.88 Å². The van der Waals surface area contributed by atoms with Gasteiger partial charge in [-0.25, -0.2) is 4.39 Å². The zero-order valence-corrected chi connectivity index (χ0v) is 15.0. The lowest BCUT2D eigenvalue weighted by Crippen LogP contribution is -2.35. The summed E-state index contributed by atoms with van der Waals surface area (Å²) in [5.74, 6) is 1.41. The van der Waals surface area contributed by atoms with Crippen LogP contribution < -0.4 is 15.4 Å². The van der Waals surface area contributed by atoms with Gasteiger partial charge in [0.05, 0.1) is 13.3 Å². The van der Waals surface area contributed by atoms with Gasteiger partial charge in [0, 0.05) is 36.3 Å². The third kappa shape index (κ3) is 3.55. The Balaban J connectivity index is 1.60. The highest BCUT2D eigenvalue weighted by Gasteiger charge is 2.26. The van der Waals surface area contributed by atoms with E-state index >= 15 is 0 Å². The minimum atomic E-state index is -0.247. The molecule has 7 nitrogen and oxygen atoms in total. The maximum absolute atomic E-state index is 13.3. The third-order valence-corrected chi connectivity index (χ3v) is 4.89. The standard InChI is InChI=1S/C19H21FN6O/c1-27-17-9-16(23-19(21)24-17)26-8-2-3-13(11-26)18-15(10-22-25-18)12-4-6-14(20)7-5-12/h4-7,9-10,13H,2-3,8,11H2,1H3,(H,22,25)(H2,21,23,24). The number of piperidine rings is 1. The number of hydrogen-bond donors (Lipinski definition) is 2. The first-order valence-corrected chi connectivity index (χ1v) is 8.86. The second-order valence-electron chi connectivity index (χ2n) is 6.62. The van der Waals surface area contributed by atoms with E-state index in [4.69, 9.17) is 10.5 Å². The molecule has 4 rings (SSSR count). The van der Waals surface area contributed by atoms with Crippen LogP contribution >= 0.6 is 0 Å². The van der Waals surface area contributed by atoms with Crippen LogP contribution in [-0.2, 0) is 0 Å². The molecule has 1 aromatic carbocycles. The van der Waals surface area contributed by atoms with E-state index in [-0.39, 0.29) is 17.7 Å². The Kier molecular flexibility index (Phi) is 4.62. The Morgan fingerprint density at radius 2 is 2.07 bits per heavy atom. The highest BCUT2D eigenvalue weighted by Crippen LogP contribution is 2.34. The number of benzene rings is 1. The number of aromatic nitrogens is 4. The molecular formula is C19H21FN6O. The number of nitrogen functional groups attached to an aromatic ring is 1. The number of nitrogens with zero attached hydrogens (tertiary/aromatic N) is 4. The molecular weight excluding hydrogens is 347 g/mol. The molecule has 1 aliphatic heterocycles. The Hall–Kier alpha value is -3.16. The van der Waals surface area contributed by atoms with Crippen molar-refractivity contribution in [2.75, 3.05) is 30.8 Å². The lowest BCUT2D eigenvalue weighted by molar-refractivity contribution is 0.397. The number of nitrogens with two attached hydrogens (primary N) is 1. The van der Waals surface area contributed by atoms with E-state index in [1.807, 2.05) is 0 Å². The number of nitrogens with one attached hydrogen (secondary N) is 1. The highest BCUT2D eigenvalue weighted by molar-refractivity contribution is 5.66. The normalized spacial score (nSPS) is 17.1. The first-order chi connectivity index (χ1) is 13.1. The van der Waals surface area contributed by atoms with Crippen LogP contribution in [0.2, 0.25) is 0 Å². The summed E-state index contributed by atoms with van der Waals surface area (Å²) in [7, 11) is 1.56. The molecule has 27 heavy (non-hydrogen) atoms. The first-order valence-electron chi connectivity index (χ1n) is 8.86. The molecule has 140 valence electrons. The summed E-state index contributed by atoms with van der Waals surface area (Å²) in [6.45, 7) is 1.66. The summed E-state index contributed by atoms with van der Waals surface area (Å²) < 4.78 is 18.5. The van der Waals surface area contributed by atoms with Gasteiger partial charge in [-0.05, 0) is 30.5 Å². The Morgan fingerprint density at radius 1 is 1.26 bits per heavy atom. The largest absolute Gasteiger partial charge is 0.481 e. The molecule has 0 aliphatic carbocycles. The molecule has 8 heteroatoms. The zero-order chi connectivity index (χ0) is 18.8. The number of hydrogen-bond acceptors (Lipinski definition) is 6. The molecule has 2 aromatic heterocycles. The molecule has 3 heterocycles. The number of rotatable bonds is 4. The van der Waals surface area contributed by atoms with E-state index in [0.29, 0.717) is 5.88 Å². The predicted octanol–water partition coefficient (Wildman–Crippen LogP) is 2.98. The molecule has 0 amide bonds. The monoisotopic (exact) mass is 368 g/mol. The summed E-state index contributed by atoms with van der Waals surface area (Å²) in [6.07, 6.45) is 3.84. The van der Waals surface area contributed by atoms with E-state index in [1.54, 1.807) is 31.5 Å². The maximum atomic E-state index is 13.3. The van der Waals surface area contributed by atoms with Gasteiger partial charge >= 0.3 is 0 Å². The fourth-order valence-corrected chi connectivity index (χ4v) is 3.58. The van der Waals surface area contributed by atoms with Gasteiger partial charge in [0.1, 0.15) is 11.6 Å². The van der Waals surface area contributed by atoms with Gasteiger partial charge in [-0.1, -0.05) is 12.1 Å². The van der Waals surface area contributed by atoms with Crippen molar-refractivity contribution in [2.45, 2.75) is 18.8 Å². The van der Waals surface area contributed by atoms with Crippen molar-refractivity contribution < 1.29 is 9.13 Å². The minimum Gasteiger partial charge on any atom is -0.481 e. The minimum absolute atomic E-state index is 0.194. The smallest absolute Gasteiger partial charge is 0.225 e. The van der Waals surface area contributed by atoms with Crippen molar-refractivity contribution in [2.24, 2.45) is 0 Å². The quantitative estimate of drug-likeness (QED) is 0.735. The fourth-order valence-electron chi connectivity index (χ4n) is 3.58. The SMILES string of the molecule is COc1cc(N2CCCC(c3[nH]ncc3-c3ccc(F)cc3)C2)nc(N)n1. The Labute approximate surface area is 156 Å². The molecule has 0 radical (unpaired) electrons. The van der Waals surface area contributed by atoms with Crippen molar-refractivity contribution in [3.05, 3.63) is 48.0 Å². The number of methoxy groups -OCH3 is 1. The van der Waals surface area contributed by atoms with Crippen LogP contribution in [0.1, 0.15) is 24.5 Å². The Morgan fingerprint density at radius 3 is 2.85 bits per heavy atom. The van der Waals surface area contributed by atoms with Crippen LogP contribution in [0.4, 0.5) is 16.2 Å². The van der Waals surface area contributed by atoms with Gasteiger partial charge in [-0.2, -0.15) is 15.1 Å². The van der Waals surface area contributed by atoms with Crippen LogP contribution in [-0.4, -0.2) is 40.4 Å². The molecule has 0 bridgehead atoms. The van der Waals surface area contributed by atoms with Crippen molar-refractivity contribution in [3.8, 4) is 17.0 Å². The van der Waals surface area contributed by atoms with E-state index < -0.39 is 0 Å². The summed E-state index contributed by atoms with van der Waals surface area (Å²) in [5, 5.41) is 7.37. The molecule has 1 atom stereocenters. The fraction of sp³-hybridized carbons (Fsp3) is 0.316. The van der Waals surface area contributed by atoms with E-state index in [0.717, 1.165) is 48.6 Å². The van der Waals surface area contributed by atoms with E-state index in [9.17, 15) is 4.39 Å².